The highest BCUT2D eigenvalue weighted by Gasteiger charge is 2.27. The van der Waals surface area contributed by atoms with Crippen molar-refractivity contribution in [1.29, 1.82) is 0 Å². The summed E-state index contributed by atoms with van der Waals surface area (Å²) in [5.74, 6) is -3.57. The quantitative estimate of drug-likeness (QED) is 0.609. The van der Waals surface area contributed by atoms with Crippen LogP contribution in [0, 0.1) is 21.7 Å². The molecular formula is C17H13F2N3O6. The number of nitro benzene ring substituents is 1. The first kappa shape index (κ1) is 19.0. The van der Waals surface area contributed by atoms with E-state index < -0.39 is 45.3 Å². The lowest BCUT2D eigenvalue weighted by Gasteiger charge is -2.19. The third-order valence-corrected chi connectivity index (χ3v) is 3.72. The van der Waals surface area contributed by atoms with Crippen LogP contribution in [0.4, 0.5) is 25.8 Å². The molecule has 2 aromatic rings. The summed E-state index contributed by atoms with van der Waals surface area (Å²) in [5.41, 5.74) is -1.81. The van der Waals surface area contributed by atoms with Crippen molar-refractivity contribution >= 4 is 28.9 Å². The van der Waals surface area contributed by atoms with E-state index in [1.165, 1.54) is 0 Å². The number of nitrogens with one attached hydrogen (secondary N) is 2. The van der Waals surface area contributed by atoms with Crippen LogP contribution in [0.5, 0.6) is 11.5 Å². The maximum Gasteiger partial charge on any atom is 0.286 e. The molecule has 0 unspecified atom stereocenters. The summed E-state index contributed by atoms with van der Waals surface area (Å²) >= 11 is 0. The maximum absolute atomic E-state index is 14.0. The molecule has 146 valence electrons. The normalized spacial score (nSPS) is 12.2. The molecule has 2 N–H and O–H groups in total. The van der Waals surface area contributed by atoms with Gasteiger partial charge in [0.05, 0.1) is 22.4 Å². The predicted molar refractivity (Wildman–Crippen MR) is 92.7 cm³/mol. The van der Waals surface area contributed by atoms with E-state index in [-0.39, 0.29) is 30.4 Å². The molecule has 1 aliphatic rings. The molecule has 0 aliphatic carbocycles. The molecule has 0 fully saturated rings. The molecule has 0 aromatic heterocycles. The molecule has 2 amide bonds. The SMILES string of the molecule is CC(=O)Nc1cc(NC(=O)c2cc3c(cc2[N+](=O)[O-])OCCO3)c(F)cc1F. The molecule has 2 aromatic carbocycles. The van der Waals surface area contributed by atoms with Crippen molar-refractivity contribution in [3.8, 4) is 11.5 Å². The number of fused-ring (bicyclic) bond motifs is 1. The van der Waals surface area contributed by atoms with Crippen molar-refractivity contribution in [2.45, 2.75) is 6.92 Å². The van der Waals surface area contributed by atoms with Crippen LogP contribution in [-0.4, -0.2) is 30.0 Å². The van der Waals surface area contributed by atoms with Crippen LogP contribution in [0.2, 0.25) is 0 Å². The van der Waals surface area contributed by atoms with Gasteiger partial charge in [0.1, 0.15) is 30.4 Å². The minimum Gasteiger partial charge on any atom is -0.486 e. The minimum atomic E-state index is -1.12. The molecule has 11 heteroatoms. The van der Waals surface area contributed by atoms with Crippen LogP contribution in [0.15, 0.2) is 24.3 Å². The average Bonchev–Trinajstić information content (AvgIpc) is 2.64. The Morgan fingerprint density at radius 1 is 1.00 bits per heavy atom. The summed E-state index contributed by atoms with van der Waals surface area (Å²) in [7, 11) is 0. The smallest absolute Gasteiger partial charge is 0.286 e. The van der Waals surface area contributed by atoms with Crippen LogP contribution in [0.3, 0.4) is 0 Å². The third kappa shape index (κ3) is 3.82. The number of anilines is 2. The Morgan fingerprint density at radius 2 is 1.57 bits per heavy atom. The predicted octanol–water partition coefficient (Wildman–Crippen LogP) is 2.85. The molecule has 1 heterocycles. The van der Waals surface area contributed by atoms with Crippen molar-refractivity contribution in [3.05, 3.63) is 51.6 Å². The lowest BCUT2D eigenvalue weighted by Crippen LogP contribution is -2.19. The van der Waals surface area contributed by atoms with Gasteiger partial charge in [-0.3, -0.25) is 19.7 Å². The second kappa shape index (κ2) is 7.47. The van der Waals surface area contributed by atoms with Gasteiger partial charge in [-0.1, -0.05) is 0 Å². The number of carbonyl (C=O) groups excluding carboxylic acids is 2. The number of ether oxygens (including phenoxy) is 2. The number of halogens is 2. The van der Waals surface area contributed by atoms with Crippen molar-refractivity contribution in [2.75, 3.05) is 23.8 Å². The highest BCUT2D eigenvalue weighted by Crippen LogP contribution is 2.37. The summed E-state index contributed by atoms with van der Waals surface area (Å²) in [6.45, 7) is 1.51. The minimum absolute atomic E-state index is 0.107. The topological polar surface area (TPSA) is 120 Å². The van der Waals surface area contributed by atoms with E-state index in [1.807, 2.05) is 0 Å². The molecule has 0 atom stereocenters. The van der Waals surface area contributed by atoms with E-state index >= 15 is 0 Å². The van der Waals surface area contributed by atoms with Gasteiger partial charge in [0.25, 0.3) is 11.6 Å². The number of nitro groups is 1. The molecule has 3 rings (SSSR count). The van der Waals surface area contributed by atoms with Crippen LogP contribution in [-0.2, 0) is 4.79 Å². The van der Waals surface area contributed by atoms with E-state index in [0.29, 0.717) is 6.07 Å². The summed E-state index contributed by atoms with van der Waals surface area (Å²) in [6, 6.07) is 3.48. The maximum atomic E-state index is 14.0. The van der Waals surface area contributed by atoms with Gasteiger partial charge in [0.15, 0.2) is 11.5 Å². The van der Waals surface area contributed by atoms with Crippen LogP contribution >= 0.6 is 0 Å². The first-order valence-electron chi connectivity index (χ1n) is 7.92. The number of nitrogens with zero attached hydrogens (tertiary/aromatic N) is 1. The molecular weight excluding hydrogens is 380 g/mol. The van der Waals surface area contributed by atoms with E-state index in [9.17, 15) is 28.5 Å². The highest BCUT2D eigenvalue weighted by atomic mass is 19.1. The Hall–Kier alpha value is -3.76. The number of rotatable bonds is 4. The molecule has 28 heavy (non-hydrogen) atoms. The fraction of sp³-hybridized carbons (Fsp3) is 0.176. The summed E-state index contributed by atoms with van der Waals surface area (Å²) in [6.07, 6.45) is 0. The Bertz CT molecular complexity index is 995. The van der Waals surface area contributed by atoms with Crippen molar-refractivity contribution in [1.82, 2.24) is 0 Å². The molecule has 9 nitrogen and oxygen atoms in total. The van der Waals surface area contributed by atoms with Crippen LogP contribution < -0.4 is 20.1 Å². The van der Waals surface area contributed by atoms with Crippen molar-refractivity contribution in [2.24, 2.45) is 0 Å². The van der Waals surface area contributed by atoms with Gasteiger partial charge < -0.3 is 20.1 Å². The fourth-order valence-corrected chi connectivity index (χ4v) is 2.53. The molecule has 0 saturated heterocycles. The van der Waals surface area contributed by atoms with Gasteiger partial charge in [-0.05, 0) is 6.07 Å². The van der Waals surface area contributed by atoms with Crippen molar-refractivity contribution in [3.63, 3.8) is 0 Å². The zero-order valence-corrected chi connectivity index (χ0v) is 14.4. The first-order valence-corrected chi connectivity index (χ1v) is 7.92. The number of hydrogen-bond acceptors (Lipinski definition) is 6. The molecule has 0 radical (unpaired) electrons. The van der Waals surface area contributed by atoms with Crippen LogP contribution in [0.25, 0.3) is 0 Å². The van der Waals surface area contributed by atoms with Gasteiger partial charge in [-0.25, -0.2) is 8.78 Å². The van der Waals surface area contributed by atoms with E-state index in [4.69, 9.17) is 9.47 Å². The first-order chi connectivity index (χ1) is 13.3. The van der Waals surface area contributed by atoms with Gasteiger partial charge in [0.2, 0.25) is 5.91 Å². The second-order valence-electron chi connectivity index (χ2n) is 5.72. The second-order valence-corrected chi connectivity index (χ2v) is 5.72. The number of benzene rings is 2. The molecule has 0 bridgehead atoms. The Labute approximate surface area is 156 Å². The Morgan fingerprint density at radius 3 is 2.14 bits per heavy atom. The zero-order chi connectivity index (χ0) is 20.4. The number of amides is 2. The number of hydrogen-bond donors (Lipinski definition) is 2. The third-order valence-electron chi connectivity index (χ3n) is 3.72. The standard InChI is InChI=1S/C17H13F2N3O6/c1-8(23)20-12-6-13(11(19)5-10(12)18)21-17(24)9-4-15-16(28-3-2-27-15)7-14(9)22(25)26/h4-7H,2-3H2,1H3,(H,20,23)(H,21,24). The molecule has 0 saturated carbocycles. The number of carbonyl (C=O) groups is 2. The van der Waals surface area contributed by atoms with Gasteiger partial charge in [-0.15, -0.1) is 0 Å². The fourth-order valence-electron chi connectivity index (χ4n) is 2.53. The molecule has 0 spiro atoms. The lowest BCUT2D eigenvalue weighted by molar-refractivity contribution is -0.385. The van der Waals surface area contributed by atoms with Gasteiger partial charge in [0, 0.05) is 19.1 Å². The summed E-state index contributed by atoms with van der Waals surface area (Å²) in [5, 5.41) is 15.6. The highest BCUT2D eigenvalue weighted by molar-refractivity contribution is 6.08. The van der Waals surface area contributed by atoms with E-state index in [0.717, 1.165) is 25.1 Å². The Balaban J connectivity index is 1.97. The van der Waals surface area contributed by atoms with Crippen molar-refractivity contribution < 1.29 is 32.8 Å². The van der Waals surface area contributed by atoms with Gasteiger partial charge >= 0.3 is 0 Å². The summed E-state index contributed by atoms with van der Waals surface area (Å²) < 4.78 is 38.3. The van der Waals surface area contributed by atoms with Crippen LogP contribution in [0.1, 0.15) is 17.3 Å². The lowest BCUT2D eigenvalue weighted by atomic mass is 10.1. The van der Waals surface area contributed by atoms with Gasteiger partial charge in [-0.2, -0.15) is 0 Å². The van der Waals surface area contributed by atoms with E-state index in [2.05, 4.69) is 10.6 Å². The zero-order valence-electron chi connectivity index (χ0n) is 14.4. The Kier molecular flexibility index (Phi) is 5.07. The average molecular weight is 393 g/mol. The molecule has 1 aliphatic heterocycles. The van der Waals surface area contributed by atoms with E-state index in [1.54, 1.807) is 0 Å². The summed E-state index contributed by atoms with van der Waals surface area (Å²) in [4.78, 5) is 34.2. The largest absolute Gasteiger partial charge is 0.486 e. The monoisotopic (exact) mass is 393 g/mol.